The number of aromatic nitrogens is 1. The van der Waals surface area contributed by atoms with Crippen molar-refractivity contribution in [2.75, 3.05) is 0 Å². The minimum absolute atomic E-state index is 0.156. The fourth-order valence-corrected chi connectivity index (χ4v) is 1.71. The molecule has 0 bridgehead atoms. The zero-order valence-corrected chi connectivity index (χ0v) is 9.22. The Balaban J connectivity index is 2.51. The Hall–Kier alpha value is -1.88. The maximum absolute atomic E-state index is 12.6. The second-order valence-electron chi connectivity index (χ2n) is 3.77. The van der Waals surface area contributed by atoms with Crippen LogP contribution in [0.1, 0.15) is 11.7 Å². The molecule has 0 aliphatic heterocycles. The number of halogens is 3. The molecule has 2 rings (SSSR count). The van der Waals surface area contributed by atoms with Gasteiger partial charge in [0.25, 0.3) is 0 Å². The quantitative estimate of drug-likeness (QED) is 0.890. The number of hydrogen-bond acceptors (Lipinski definition) is 2. The molecule has 0 saturated carbocycles. The fourth-order valence-electron chi connectivity index (χ4n) is 1.71. The lowest BCUT2D eigenvalue weighted by Gasteiger charge is -2.18. The van der Waals surface area contributed by atoms with Gasteiger partial charge in [0.1, 0.15) is 0 Å². The summed E-state index contributed by atoms with van der Waals surface area (Å²) >= 11 is 0. The van der Waals surface area contributed by atoms with Crippen molar-refractivity contribution in [1.29, 1.82) is 0 Å². The van der Waals surface area contributed by atoms with Gasteiger partial charge >= 0.3 is 6.18 Å². The number of aliphatic hydroxyl groups is 1. The van der Waals surface area contributed by atoms with E-state index >= 15 is 0 Å². The van der Waals surface area contributed by atoms with E-state index in [0.29, 0.717) is 11.1 Å². The van der Waals surface area contributed by atoms with Crippen LogP contribution in [0.5, 0.6) is 0 Å². The van der Waals surface area contributed by atoms with Crippen LogP contribution in [0.4, 0.5) is 13.2 Å². The lowest BCUT2D eigenvalue weighted by molar-refractivity contribution is -0.206. The largest absolute Gasteiger partial charge is 0.418 e. The third kappa shape index (κ3) is 2.51. The molecule has 18 heavy (non-hydrogen) atoms. The van der Waals surface area contributed by atoms with E-state index < -0.39 is 12.3 Å². The Kier molecular flexibility index (Phi) is 3.34. The highest BCUT2D eigenvalue weighted by Gasteiger charge is 2.40. The van der Waals surface area contributed by atoms with Gasteiger partial charge in [-0.05, 0) is 28.8 Å². The van der Waals surface area contributed by atoms with E-state index in [0.717, 1.165) is 0 Å². The second kappa shape index (κ2) is 4.78. The first-order valence-electron chi connectivity index (χ1n) is 5.24. The van der Waals surface area contributed by atoms with Gasteiger partial charge in [-0.1, -0.05) is 24.3 Å². The summed E-state index contributed by atoms with van der Waals surface area (Å²) in [5.74, 6) is 0. The minimum Gasteiger partial charge on any atom is -0.379 e. The number of alkyl halides is 3. The van der Waals surface area contributed by atoms with Crippen LogP contribution >= 0.6 is 0 Å². The highest BCUT2D eigenvalue weighted by atomic mass is 19.4. The Labute approximate surface area is 102 Å². The molecule has 0 radical (unpaired) electrons. The van der Waals surface area contributed by atoms with Gasteiger partial charge in [-0.3, -0.25) is 4.98 Å². The van der Waals surface area contributed by atoms with Crippen LogP contribution in [0, 0.1) is 0 Å². The van der Waals surface area contributed by atoms with Crippen LogP contribution in [0.3, 0.4) is 0 Å². The molecule has 5 heteroatoms. The Morgan fingerprint density at radius 2 is 1.61 bits per heavy atom. The number of pyridine rings is 1. The van der Waals surface area contributed by atoms with Crippen LogP contribution in [-0.2, 0) is 0 Å². The highest BCUT2D eigenvalue weighted by Crippen LogP contribution is 2.37. The normalized spacial score (nSPS) is 13.3. The van der Waals surface area contributed by atoms with E-state index in [4.69, 9.17) is 0 Å². The van der Waals surface area contributed by atoms with Crippen molar-refractivity contribution in [3.05, 3.63) is 54.4 Å². The first-order chi connectivity index (χ1) is 8.50. The predicted octanol–water partition coefficient (Wildman–Crippen LogP) is 3.34. The number of aliphatic hydroxyl groups excluding tert-OH is 1. The van der Waals surface area contributed by atoms with Crippen molar-refractivity contribution in [2.24, 2.45) is 0 Å². The van der Waals surface area contributed by atoms with Gasteiger partial charge in [0.15, 0.2) is 6.10 Å². The minimum atomic E-state index is -4.68. The molecule has 2 nitrogen and oxygen atoms in total. The van der Waals surface area contributed by atoms with Crippen LogP contribution < -0.4 is 0 Å². The Morgan fingerprint density at radius 3 is 2.22 bits per heavy atom. The van der Waals surface area contributed by atoms with Crippen molar-refractivity contribution in [1.82, 2.24) is 4.98 Å². The summed E-state index contributed by atoms with van der Waals surface area (Å²) in [4.78, 5) is 3.81. The standard InChI is InChI=1S/C13H10F3NO/c14-13(15,16)12(18)11-4-2-1-3-10(11)9-5-7-17-8-6-9/h1-8,12,18H. The van der Waals surface area contributed by atoms with Gasteiger partial charge in [0, 0.05) is 12.4 Å². The van der Waals surface area contributed by atoms with E-state index in [1.807, 2.05) is 0 Å². The summed E-state index contributed by atoms with van der Waals surface area (Å²) in [6.07, 6.45) is -4.18. The van der Waals surface area contributed by atoms with Crippen LogP contribution in [0.15, 0.2) is 48.8 Å². The number of nitrogens with zero attached hydrogens (tertiary/aromatic N) is 1. The molecule has 1 unspecified atom stereocenters. The highest BCUT2D eigenvalue weighted by molar-refractivity contribution is 5.67. The van der Waals surface area contributed by atoms with Gasteiger partial charge in [-0.25, -0.2) is 0 Å². The zero-order valence-electron chi connectivity index (χ0n) is 9.22. The fraction of sp³-hybridized carbons (Fsp3) is 0.154. The predicted molar refractivity (Wildman–Crippen MR) is 60.7 cm³/mol. The third-order valence-corrected chi connectivity index (χ3v) is 2.56. The lowest BCUT2D eigenvalue weighted by atomic mass is 9.97. The van der Waals surface area contributed by atoms with Crippen LogP contribution in [-0.4, -0.2) is 16.3 Å². The average molecular weight is 253 g/mol. The molecular formula is C13H10F3NO. The van der Waals surface area contributed by atoms with Crippen molar-refractivity contribution in [3.63, 3.8) is 0 Å². The second-order valence-corrected chi connectivity index (χ2v) is 3.77. The Bertz CT molecular complexity index is 525. The summed E-state index contributed by atoms with van der Waals surface area (Å²) in [5.41, 5.74) is 0.782. The molecule has 0 saturated heterocycles. The Morgan fingerprint density at radius 1 is 1.00 bits per heavy atom. The molecule has 1 aromatic heterocycles. The summed E-state index contributed by atoms with van der Waals surface area (Å²) in [5, 5.41) is 9.36. The third-order valence-electron chi connectivity index (χ3n) is 2.56. The lowest BCUT2D eigenvalue weighted by Crippen LogP contribution is -2.20. The van der Waals surface area contributed by atoms with Crippen molar-refractivity contribution in [2.45, 2.75) is 12.3 Å². The molecule has 1 heterocycles. The monoisotopic (exact) mass is 253 g/mol. The van der Waals surface area contributed by atoms with Gasteiger partial charge in [0.05, 0.1) is 0 Å². The van der Waals surface area contributed by atoms with E-state index in [1.54, 1.807) is 24.3 Å². The molecule has 94 valence electrons. The molecule has 0 amide bonds. The molecule has 0 aliphatic carbocycles. The van der Waals surface area contributed by atoms with Crippen molar-refractivity contribution < 1.29 is 18.3 Å². The number of hydrogen-bond donors (Lipinski definition) is 1. The summed E-state index contributed by atoms with van der Waals surface area (Å²) in [6, 6.07) is 9.11. The molecular weight excluding hydrogens is 243 g/mol. The summed E-state index contributed by atoms with van der Waals surface area (Å²) in [6.45, 7) is 0. The molecule has 1 aromatic carbocycles. The first-order valence-corrected chi connectivity index (χ1v) is 5.24. The van der Waals surface area contributed by atoms with Gasteiger partial charge in [0.2, 0.25) is 0 Å². The van der Waals surface area contributed by atoms with E-state index in [2.05, 4.69) is 4.98 Å². The number of rotatable bonds is 2. The average Bonchev–Trinajstić information content (AvgIpc) is 2.38. The zero-order chi connectivity index (χ0) is 13.2. The summed E-state index contributed by atoms with van der Waals surface area (Å²) < 4.78 is 37.7. The summed E-state index contributed by atoms with van der Waals surface area (Å²) in [7, 11) is 0. The molecule has 0 aliphatic rings. The molecule has 1 atom stereocenters. The molecule has 0 fully saturated rings. The first kappa shape index (κ1) is 12.6. The van der Waals surface area contributed by atoms with E-state index in [-0.39, 0.29) is 5.56 Å². The van der Waals surface area contributed by atoms with E-state index in [1.165, 1.54) is 24.5 Å². The number of benzene rings is 1. The SMILES string of the molecule is OC(c1ccccc1-c1ccncc1)C(F)(F)F. The van der Waals surface area contributed by atoms with Crippen molar-refractivity contribution in [3.8, 4) is 11.1 Å². The maximum Gasteiger partial charge on any atom is 0.418 e. The smallest absolute Gasteiger partial charge is 0.379 e. The van der Waals surface area contributed by atoms with Crippen molar-refractivity contribution >= 4 is 0 Å². The van der Waals surface area contributed by atoms with Crippen LogP contribution in [0.25, 0.3) is 11.1 Å². The van der Waals surface area contributed by atoms with Crippen LogP contribution in [0.2, 0.25) is 0 Å². The maximum atomic E-state index is 12.6. The van der Waals surface area contributed by atoms with Gasteiger partial charge in [-0.15, -0.1) is 0 Å². The van der Waals surface area contributed by atoms with Gasteiger partial charge in [-0.2, -0.15) is 13.2 Å². The molecule has 1 N–H and O–H groups in total. The van der Waals surface area contributed by atoms with E-state index in [9.17, 15) is 18.3 Å². The topological polar surface area (TPSA) is 33.1 Å². The molecule has 0 spiro atoms. The van der Waals surface area contributed by atoms with Gasteiger partial charge < -0.3 is 5.11 Å². The molecule has 2 aromatic rings.